The Kier molecular flexibility index (Phi) is 6.80. The number of methoxy groups -OCH3 is 1. The van der Waals surface area contributed by atoms with Gasteiger partial charge in [-0.2, -0.15) is 0 Å². The normalized spacial score (nSPS) is 18.8. The third-order valence-corrected chi connectivity index (χ3v) is 4.81. The van der Waals surface area contributed by atoms with Crippen molar-refractivity contribution in [1.29, 1.82) is 0 Å². The van der Waals surface area contributed by atoms with Crippen LogP contribution in [0.3, 0.4) is 0 Å². The highest BCUT2D eigenvalue weighted by Crippen LogP contribution is 2.29. The molecule has 1 fully saturated rings. The lowest BCUT2D eigenvalue weighted by molar-refractivity contribution is -0.384. The lowest BCUT2D eigenvalue weighted by Crippen LogP contribution is -2.30. The summed E-state index contributed by atoms with van der Waals surface area (Å²) < 4.78 is 11.2. The van der Waals surface area contributed by atoms with Crippen molar-refractivity contribution in [1.82, 2.24) is 10.6 Å². The topological polar surface area (TPSA) is 106 Å². The van der Waals surface area contributed by atoms with Crippen LogP contribution in [0.2, 0.25) is 0 Å². The maximum Gasteiger partial charge on any atom is 0.269 e. The zero-order chi connectivity index (χ0) is 19.9. The monoisotopic (exact) mass is 387 g/mol. The second-order valence-corrected chi connectivity index (χ2v) is 6.81. The van der Waals surface area contributed by atoms with Crippen LogP contribution in [0.1, 0.15) is 11.1 Å². The molecule has 150 valence electrons. The standard InChI is InChI=1S/C20H25N3O5/c1-27-20-8-15(9-21-10-16-11-22-12-18(16)24)4-7-19(20)28-13-14-2-5-17(6-3-14)23(25)26/h2-8,16,18,21-22,24H,9-13H2,1H3. The highest BCUT2D eigenvalue weighted by molar-refractivity contribution is 5.43. The van der Waals surface area contributed by atoms with Crippen LogP contribution in [0.25, 0.3) is 0 Å². The van der Waals surface area contributed by atoms with Crippen molar-refractivity contribution < 1.29 is 19.5 Å². The Hall–Kier alpha value is -2.68. The Morgan fingerprint density at radius 1 is 1.18 bits per heavy atom. The van der Waals surface area contributed by atoms with E-state index < -0.39 is 4.92 Å². The van der Waals surface area contributed by atoms with E-state index in [1.165, 1.54) is 12.1 Å². The number of β-amino-alcohol motifs (C(OH)–C–C–N with tert-alkyl or cyclic N) is 1. The Morgan fingerprint density at radius 2 is 1.93 bits per heavy atom. The summed E-state index contributed by atoms with van der Waals surface area (Å²) in [6.45, 7) is 3.18. The van der Waals surface area contributed by atoms with Crippen molar-refractivity contribution in [2.24, 2.45) is 5.92 Å². The zero-order valence-electron chi connectivity index (χ0n) is 15.8. The second-order valence-electron chi connectivity index (χ2n) is 6.81. The van der Waals surface area contributed by atoms with Crippen LogP contribution < -0.4 is 20.1 Å². The van der Waals surface area contributed by atoms with Gasteiger partial charge in [-0.3, -0.25) is 10.1 Å². The molecule has 1 aliphatic heterocycles. The van der Waals surface area contributed by atoms with Gasteiger partial charge in [0.25, 0.3) is 5.69 Å². The summed E-state index contributed by atoms with van der Waals surface area (Å²) in [6, 6.07) is 12.0. The van der Waals surface area contributed by atoms with Crippen LogP contribution in [0.4, 0.5) is 5.69 Å². The van der Waals surface area contributed by atoms with Gasteiger partial charge in [-0.25, -0.2) is 0 Å². The molecular formula is C20H25N3O5. The van der Waals surface area contributed by atoms with Gasteiger partial charge in [-0.05, 0) is 35.4 Å². The summed E-state index contributed by atoms with van der Waals surface area (Å²) in [5.41, 5.74) is 1.95. The van der Waals surface area contributed by atoms with E-state index in [-0.39, 0.29) is 17.7 Å². The average Bonchev–Trinajstić information content (AvgIpc) is 3.12. The minimum absolute atomic E-state index is 0.0547. The van der Waals surface area contributed by atoms with E-state index in [4.69, 9.17) is 9.47 Å². The van der Waals surface area contributed by atoms with Gasteiger partial charge in [0.15, 0.2) is 11.5 Å². The van der Waals surface area contributed by atoms with E-state index in [9.17, 15) is 15.2 Å². The molecule has 2 aromatic rings. The lowest BCUT2D eigenvalue weighted by atomic mass is 10.1. The first-order valence-corrected chi connectivity index (χ1v) is 9.19. The van der Waals surface area contributed by atoms with Gasteiger partial charge in [0.05, 0.1) is 18.1 Å². The number of benzene rings is 2. The number of hydrogen-bond donors (Lipinski definition) is 3. The van der Waals surface area contributed by atoms with Gasteiger partial charge in [-0.1, -0.05) is 6.07 Å². The van der Waals surface area contributed by atoms with Crippen LogP contribution in [0.5, 0.6) is 11.5 Å². The number of nitro groups is 1. The molecule has 0 saturated carbocycles. The molecule has 0 aliphatic carbocycles. The van der Waals surface area contributed by atoms with Gasteiger partial charge >= 0.3 is 0 Å². The molecule has 1 aliphatic rings. The molecule has 2 aromatic carbocycles. The number of nitrogens with one attached hydrogen (secondary N) is 2. The van der Waals surface area contributed by atoms with Gasteiger partial charge < -0.3 is 25.2 Å². The molecule has 3 rings (SSSR count). The first-order valence-electron chi connectivity index (χ1n) is 9.19. The minimum Gasteiger partial charge on any atom is -0.493 e. The number of non-ortho nitro benzene ring substituents is 1. The van der Waals surface area contributed by atoms with Crippen molar-refractivity contribution in [2.45, 2.75) is 19.3 Å². The van der Waals surface area contributed by atoms with E-state index in [1.807, 2.05) is 18.2 Å². The van der Waals surface area contributed by atoms with Crippen molar-refractivity contribution in [2.75, 3.05) is 26.7 Å². The maximum absolute atomic E-state index is 10.7. The highest BCUT2D eigenvalue weighted by Gasteiger charge is 2.24. The van der Waals surface area contributed by atoms with Crippen LogP contribution in [-0.2, 0) is 13.2 Å². The quantitative estimate of drug-likeness (QED) is 0.445. The largest absolute Gasteiger partial charge is 0.493 e. The molecule has 0 aromatic heterocycles. The van der Waals surface area contributed by atoms with E-state index in [0.717, 1.165) is 24.2 Å². The Labute approximate surface area is 163 Å². The third-order valence-electron chi connectivity index (χ3n) is 4.81. The van der Waals surface area contributed by atoms with Crippen LogP contribution in [-0.4, -0.2) is 42.9 Å². The molecular weight excluding hydrogens is 362 g/mol. The lowest BCUT2D eigenvalue weighted by Gasteiger charge is -2.15. The van der Waals surface area contributed by atoms with Gasteiger partial charge in [0.1, 0.15) is 6.61 Å². The van der Waals surface area contributed by atoms with Crippen LogP contribution in [0, 0.1) is 16.0 Å². The highest BCUT2D eigenvalue weighted by atomic mass is 16.6. The molecule has 28 heavy (non-hydrogen) atoms. The fourth-order valence-corrected chi connectivity index (χ4v) is 3.15. The summed E-state index contributed by atoms with van der Waals surface area (Å²) in [5, 5.41) is 27.1. The zero-order valence-corrected chi connectivity index (χ0v) is 15.8. The number of nitrogens with zero attached hydrogens (tertiary/aromatic N) is 1. The molecule has 0 spiro atoms. The fraction of sp³-hybridized carbons (Fsp3) is 0.400. The molecule has 3 N–H and O–H groups in total. The van der Waals surface area contributed by atoms with Crippen molar-refractivity contribution in [3.63, 3.8) is 0 Å². The van der Waals surface area contributed by atoms with Crippen LogP contribution >= 0.6 is 0 Å². The van der Waals surface area contributed by atoms with Crippen molar-refractivity contribution in [3.05, 3.63) is 63.7 Å². The number of hydrogen-bond acceptors (Lipinski definition) is 7. The molecule has 1 heterocycles. The Morgan fingerprint density at radius 3 is 2.57 bits per heavy atom. The summed E-state index contributed by atoms with van der Waals surface area (Å²) in [5.74, 6) is 1.47. The SMILES string of the molecule is COc1cc(CNCC2CNCC2O)ccc1OCc1ccc([N+](=O)[O-])cc1. The molecule has 0 bridgehead atoms. The summed E-state index contributed by atoms with van der Waals surface area (Å²) in [7, 11) is 1.59. The number of aliphatic hydroxyl groups is 1. The minimum atomic E-state index is -0.426. The van der Waals surface area contributed by atoms with Gasteiger partial charge in [0, 0.05) is 44.2 Å². The summed E-state index contributed by atoms with van der Waals surface area (Å²) in [6.07, 6.45) is -0.294. The molecule has 2 unspecified atom stereocenters. The number of ether oxygens (including phenoxy) is 2. The average molecular weight is 387 g/mol. The molecule has 0 amide bonds. The summed E-state index contributed by atoms with van der Waals surface area (Å²) in [4.78, 5) is 10.3. The Bertz CT molecular complexity index is 797. The first kappa shape index (κ1) is 20.1. The van der Waals surface area contributed by atoms with E-state index in [0.29, 0.717) is 31.2 Å². The van der Waals surface area contributed by atoms with Crippen molar-refractivity contribution in [3.8, 4) is 11.5 Å². The smallest absolute Gasteiger partial charge is 0.269 e. The van der Waals surface area contributed by atoms with Crippen molar-refractivity contribution >= 4 is 5.69 Å². The number of nitro benzene ring substituents is 1. The first-order chi connectivity index (χ1) is 13.6. The second kappa shape index (κ2) is 9.50. The summed E-state index contributed by atoms with van der Waals surface area (Å²) >= 11 is 0. The van der Waals surface area contributed by atoms with E-state index in [1.54, 1.807) is 19.2 Å². The number of rotatable bonds is 9. The van der Waals surface area contributed by atoms with E-state index >= 15 is 0 Å². The molecule has 2 atom stereocenters. The molecule has 0 radical (unpaired) electrons. The fourth-order valence-electron chi connectivity index (χ4n) is 3.15. The van der Waals surface area contributed by atoms with Gasteiger partial charge in [-0.15, -0.1) is 0 Å². The number of aliphatic hydroxyl groups excluding tert-OH is 1. The van der Waals surface area contributed by atoms with E-state index in [2.05, 4.69) is 10.6 Å². The molecule has 8 heteroatoms. The molecule has 1 saturated heterocycles. The molecule has 8 nitrogen and oxygen atoms in total. The Balaban J connectivity index is 1.54. The third kappa shape index (κ3) is 5.19. The predicted molar refractivity (Wildman–Crippen MR) is 104 cm³/mol. The maximum atomic E-state index is 10.7. The van der Waals surface area contributed by atoms with Gasteiger partial charge in [0.2, 0.25) is 0 Å². The van der Waals surface area contributed by atoms with Crippen LogP contribution in [0.15, 0.2) is 42.5 Å². The predicted octanol–water partition coefficient (Wildman–Crippen LogP) is 1.85.